The summed E-state index contributed by atoms with van der Waals surface area (Å²) in [6.07, 6.45) is 0. The molecular weight excluding hydrogens is 411 g/mol. The summed E-state index contributed by atoms with van der Waals surface area (Å²) in [5.41, 5.74) is 0.191. The van der Waals surface area contributed by atoms with Gasteiger partial charge in [0.1, 0.15) is 12.4 Å². The highest BCUT2D eigenvalue weighted by Crippen LogP contribution is 2.23. The predicted molar refractivity (Wildman–Crippen MR) is 114 cm³/mol. The highest BCUT2D eigenvalue weighted by Gasteiger charge is 2.29. The highest BCUT2D eigenvalue weighted by atomic mass is 32.2. The number of hydrogen-bond acceptors (Lipinski definition) is 4. The van der Waals surface area contributed by atoms with Crippen molar-refractivity contribution in [3.63, 3.8) is 0 Å². The zero-order valence-corrected chi connectivity index (χ0v) is 18.0. The van der Waals surface area contributed by atoms with E-state index in [0.29, 0.717) is 4.31 Å². The Morgan fingerprint density at radius 3 is 2.23 bits per heavy atom. The molecule has 0 bridgehead atoms. The molecule has 0 saturated carbocycles. The van der Waals surface area contributed by atoms with Gasteiger partial charge in [-0.2, -0.15) is 12.7 Å². The summed E-state index contributed by atoms with van der Waals surface area (Å²) in [6.45, 7) is 2.93. The molecule has 2 aromatic rings. The molecule has 30 heavy (non-hydrogen) atoms. The van der Waals surface area contributed by atoms with E-state index in [1.54, 1.807) is 32.0 Å². The summed E-state index contributed by atoms with van der Waals surface area (Å²) in [4.78, 5) is 25.1. The van der Waals surface area contributed by atoms with Crippen LogP contribution in [0.2, 0.25) is 0 Å². The van der Waals surface area contributed by atoms with Gasteiger partial charge >= 0.3 is 10.2 Å². The van der Waals surface area contributed by atoms with Crippen molar-refractivity contribution < 1.29 is 22.4 Å². The summed E-state index contributed by atoms with van der Waals surface area (Å²) >= 11 is 0. The number of hydrogen-bond donors (Lipinski definition) is 2. The van der Waals surface area contributed by atoms with E-state index in [-0.39, 0.29) is 28.9 Å². The number of benzene rings is 2. The van der Waals surface area contributed by atoms with Crippen LogP contribution in [0.3, 0.4) is 0 Å². The maximum atomic E-state index is 14.3. The first kappa shape index (κ1) is 23.3. The zero-order chi connectivity index (χ0) is 22.5. The molecule has 0 spiro atoms. The van der Waals surface area contributed by atoms with Gasteiger partial charge in [0.25, 0.3) is 5.91 Å². The average Bonchev–Trinajstić information content (AvgIpc) is 2.66. The van der Waals surface area contributed by atoms with E-state index in [1.165, 1.54) is 38.4 Å². The molecule has 0 aliphatic carbocycles. The first-order valence-electron chi connectivity index (χ1n) is 9.18. The summed E-state index contributed by atoms with van der Waals surface area (Å²) < 4.78 is 41.3. The summed E-state index contributed by atoms with van der Waals surface area (Å²) in [5.74, 6) is -1.89. The number of rotatable bonds is 8. The molecule has 0 aliphatic heterocycles. The van der Waals surface area contributed by atoms with Gasteiger partial charge in [0.2, 0.25) is 5.91 Å². The first-order valence-corrected chi connectivity index (χ1v) is 10.6. The zero-order valence-electron chi connectivity index (χ0n) is 17.2. The van der Waals surface area contributed by atoms with Crippen LogP contribution in [-0.2, 0) is 15.0 Å². The van der Waals surface area contributed by atoms with Crippen molar-refractivity contribution in [2.45, 2.75) is 19.9 Å². The van der Waals surface area contributed by atoms with Crippen molar-refractivity contribution in [2.75, 3.05) is 30.3 Å². The van der Waals surface area contributed by atoms with Crippen LogP contribution in [0.15, 0.2) is 48.5 Å². The minimum Gasteiger partial charge on any atom is -0.350 e. The van der Waals surface area contributed by atoms with E-state index in [9.17, 15) is 22.4 Å². The van der Waals surface area contributed by atoms with Crippen molar-refractivity contribution >= 4 is 33.4 Å². The lowest BCUT2D eigenvalue weighted by atomic mass is 10.1. The topological polar surface area (TPSA) is 98.8 Å². The second-order valence-electron chi connectivity index (χ2n) is 6.97. The molecule has 0 saturated heterocycles. The first-order chi connectivity index (χ1) is 14.0. The van der Waals surface area contributed by atoms with Gasteiger partial charge in [0.05, 0.1) is 16.9 Å². The standard InChI is InChI=1S/C20H25FN4O4S/c1-14(2)22-20(27)15-9-5-7-11-17(15)23-19(26)13-25(30(28,29)24(3)4)18-12-8-6-10-16(18)21/h5-12,14H,13H2,1-4H3,(H,22,27)(H,23,26). The molecule has 0 aromatic heterocycles. The Labute approximate surface area is 175 Å². The predicted octanol–water partition coefficient (Wildman–Crippen LogP) is 2.22. The second-order valence-corrected chi connectivity index (χ2v) is 9.04. The van der Waals surface area contributed by atoms with Gasteiger partial charge in [-0.25, -0.2) is 8.70 Å². The third-order valence-electron chi connectivity index (χ3n) is 4.01. The monoisotopic (exact) mass is 436 g/mol. The van der Waals surface area contributed by atoms with E-state index in [2.05, 4.69) is 10.6 Å². The Balaban J connectivity index is 2.33. The van der Waals surface area contributed by atoms with Gasteiger partial charge in [0.15, 0.2) is 0 Å². The van der Waals surface area contributed by atoms with Crippen LogP contribution in [0, 0.1) is 5.82 Å². The third-order valence-corrected chi connectivity index (χ3v) is 5.82. The normalized spacial score (nSPS) is 11.4. The molecule has 0 heterocycles. The number of para-hydroxylation sites is 2. The molecule has 10 heteroatoms. The van der Waals surface area contributed by atoms with Crippen LogP contribution >= 0.6 is 0 Å². The smallest absolute Gasteiger partial charge is 0.304 e. The molecule has 2 aromatic carbocycles. The van der Waals surface area contributed by atoms with Gasteiger partial charge in [-0.05, 0) is 38.1 Å². The molecule has 2 rings (SSSR count). The van der Waals surface area contributed by atoms with Crippen LogP contribution < -0.4 is 14.9 Å². The largest absolute Gasteiger partial charge is 0.350 e. The van der Waals surface area contributed by atoms with Crippen LogP contribution in [0.5, 0.6) is 0 Å². The Kier molecular flexibility index (Phi) is 7.52. The van der Waals surface area contributed by atoms with Crippen molar-refractivity contribution in [2.24, 2.45) is 0 Å². The number of carbonyl (C=O) groups excluding carboxylic acids is 2. The number of carbonyl (C=O) groups is 2. The van der Waals surface area contributed by atoms with Crippen LogP contribution in [0.1, 0.15) is 24.2 Å². The van der Waals surface area contributed by atoms with E-state index in [0.717, 1.165) is 10.4 Å². The van der Waals surface area contributed by atoms with Gasteiger partial charge in [0, 0.05) is 20.1 Å². The highest BCUT2D eigenvalue weighted by molar-refractivity contribution is 7.90. The third kappa shape index (κ3) is 5.55. The van der Waals surface area contributed by atoms with E-state index in [4.69, 9.17) is 0 Å². The SMILES string of the molecule is CC(C)NC(=O)c1ccccc1NC(=O)CN(c1ccccc1F)S(=O)(=O)N(C)C. The van der Waals surface area contributed by atoms with Gasteiger partial charge in [-0.1, -0.05) is 24.3 Å². The lowest BCUT2D eigenvalue weighted by Gasteiger charge is -2.27. The van der Waals surface area contributed by atoms with Crippen molar-refractivity contribution in [3.8, 4) is 0 Å². The lowest BCUT2D eigenvalue weighted by molar-refractivity contribution is -0.114. The lowest BCUT2D eigenvalue weighted by Crippen LogP contribution is -2.44. The van der Waals surface area contributed by atoms with Crippen molar-refractivity contribution in [1.29, 1.82) is 0 Å². The van der Waals surface area contributed by atoms with E-state index < -0.39 is 28.5 Å². The van der Waals surface area contributed by atoms with Gasteiger partial charge < -0.3 is 10.6 Å². The maximum Gasteiger partial charge on any atom is 0.304 e. The van der Waals surface area contributed by atoms with Crippen LogP contribution in [-0.4, -0.2) is 51.2 Å². The number of halogens is 1. The molecule has 8 nitrogen and oxygen atoms in total. The minimum atomic E-state index is -4.16. The molecule has 2 amide bonds. The Bertz CT molecular complexity index is 1020. The average molecular weight is 437 g/mol. The number of nitrogens with one attached hydrogen (secondary N) is 2. The van der Waals surface area contributed by atoms with Crippen LogP contribution in [0.25, 0.3) is 0 Å². The fourth-order valence-electron chi connectivity index (χ4n) is 2.59. The summed E-state index contributed by atoms with van der Waals surface area (Å²) in [6, 6.07) is 11.5. The molecule has 0 atom stereocenters. The van der Waals surface area contributed by atoms with Crippen molar-refractivity contribution in [3.05, 3.63) is 59.9 Å². The molecular formula is C20H25FN4O4S. The van der Waals surface area contributed by atoms with Gasteiger partial charge in [-0.15, -0.1) is 0 Å². The van der Waals surface area contributed by atoms with E-state index >= 15 is 0 Å². The Hall–Kier alpha value is -2.98. The number of nitrogens with zero attached hydrogens (tertiary/aromatic N) is 2. The van der Waals surface area contributed by atoms with Crippen LogP contribution in [0.4, 0.5) is 15.8 Å². The maximum absolute atomic E-state index is 14.3. The fourth-order valence-corrected chi connectivity index (χ4v) is 3.66. The molecule has 0 unspecified atom stereocenters. The van der Waals surface area contributed by atoms with Crippen molar-refractivity contribution in [1.82, 2.24) is 9.62 Å². The summed E-state index contributed by atoms with van der Waals surface area (Å²) in [5, 5.41) is 5.28. The number of anilines is 2. The fraction of sp³-hybridized carbons (Fsp3) is 0.300. The molecule has 162 valence electrons. The second kappa shape index (κ2) is 9.68. The molecule has 0 radical (unpaired) electrons. The quantitative estimate of drug-likeness (QED) is 0.663. The summed E-state index contributed by atoms with van der Waals surface area (Å²) in [7, 11) is -1.59. The Morgan fingerprint density at radius 1 is 1.03 bits per heavy atom. The number of amides is 2. The Morgan fingerprint density at radius 2 is 1.63 bits per heavy atom. The van der Waals surface area contributed by atoms with E-state index in [1.807, 2.05) is 0 Å². The van der Waals surface area contributed by atoms with Gasteiger partial charge in [-0.3, -0.25) is 9.59 Å². The minimum absolute atomic E-state index is 0.108. The molecule has 0 fully saturated rings. The molecule has 2 N–H and O–H groups in total. The molecule has 0 aliphatic rings.